The molecule has 6 nitrogen and oxygen atoms in total. The molecule has 3 aliphatic rings. The van der Waals surface area contributed by atoms with Crippen LogP contribution < -0.4 is 10.2 Å². The van der Waals surface area contributed by atoms with Crippen LogP contribution in [0.3, 0.4) is 0 Å². The van der Waals surface area contributed by atoms with E-state index in [0.717, 1.165) is 62.6 Å². The number of amides is 2. The first-order valence-electron chi connectivity index (χ1n) is 12.8. The zero-order chi connectivity index (χ0) is 24.6. The normalized spacial score (nSPS) is 24.1. The Labute approximate surface area is 206 Å². The number of hydrogen-bond acceptors (Lipinski definition) is 4. The number of halogens is 1. The van der Waals surface area contributed by atoms with Crippen molar-refractivity contribution in [3.05, 3.63) is 53.8 Å². The second kappa shape index (κ2) is 9.61. The van der Waals surface area contributed by atoms with Gasteiger partial charge < -0.3 is 20.2 Å². The van der Waals surface area contributed by atoms with E-state index in [0.29, 0.717) is 24.3 Å². The maximum Gasteiger partial charge on any atom is 0.251 e. The second-order valence-corrected chi connectivity index (χ2v) is 10.3. The van der Waals surface area contributed by atoms with E-state index in [-0.39, 0.29) is 35.2 Å². The number of anilines is 1. The van der Waals surface area contributed by atoms with Gasteiger partial charge in [-0.1, -0.05) is 18.2 Å². The van der Waals surface area contributed by atoms with Crippen LogP contribution in [0.4, 0.5) is 10.1 Å². The zero-order valence-corrected chi connectivity index (χ0v) is 20.3. The topological polar surface area (TPSA) is 72.9 Å². The van der Waals surface area contributed by atoms with E-state index in [9.17, 15) is 19.1 Å². The van der Waals surface area contributed by atoms with Gasteiger partial charge in [0.25, 0.3) is 5.91 Å². The Hall–Kier alpha value is -2.93. The first kappa shape index (κ1) is 23.8. The number of benzene rings is 2. The molecule has 2 aromatic carbocycles. The van der Waals surface area contributed by atoms with Crippen LogP contribution in [0.1, 0.15) is 55.3 Å². The average molecular weight is 480 g/mol. The Morgan fingerprint density at radius 3 is 2.26 bits per heavy atom. The van der Waals surface area contributed by atoms with Crippen molar-refractivity contribution in [2.45, 2.75) is 57.1 Å². The number of carbonyl (C=O) groups excluding carboxylic acids is 2. The molecule has 2 saturated heterocycles. The van der Waals surface area contributed by atoms with Crippen LogP contribution in [0.15, 0.2) is 42.5 Å². The summed E-state index contributed by atoms with van der Waals surface area (Å²) in [5.74, 6) is -0.129. The first-order valence-corrected chi connectivity index (χ1v) is 12.8. The highest BCUT2D eigenvalue weighted by Crippen LogP contribution is 2.45. The maximum atomic E-state index is 14.9. The van der Waals surface area contributed by atoms with Crippen molar-refractivity contribution in [3.63, 3.8) is 0 Å². The number of rotatable bonds is 4. The number of piperidine rings is 1. The van der Waals surface area contributed by atoms with E-state index in [1.165, 1.54) is 6.07 Å². The molecule has 2 aliphatic heterocycles. The van der Waals surface area contributed by atoms with E-state index in [2.05, 4.69) is 15.1 Å². The van der Waals surface area contributed by atoms with Gasteiger partial charge in [-0.2, -0.15) is 0 Å². The molecule has 0 aromatic heterocycles. The molecule has 0 atom stereocenters. The molecule has 5 rings (SSSR count). The molecule has 7 heteroatoms. The molecule has 0 unspecified atom stereocenters. The molecule has 0 bridgehead atoms. The molecule has 2 amide bonds. The summed E-state index contributed by atoms with van der Waals surface area (Å²) in [5, 5.41) is 12.4. The van der Waals surface area contributed by atoms with Gasteiger partial charge in [-0.3, -0.25) is 9.59 Å². The van der Waals surface area contributed by atoms with Gasteiger partial charge in [0.2, 0.25) is 5.91 Å². The lowest BCUT2D eigenvalue weighted by molar-refractivity contribution is -0.139. The van der Waals surface area contributed by atoms with Gasteiger partial charge >= 0.3 is 0 Å². The van der Waals surface area contributed by atoms with Crippen LogP contribution in [0.25, 0.3) is 11.1 Å². The summed E-state index contributed by atoms with van der Waals surface area (Å²) >= 11 is 0. The van der Waals surface area contributed by atoms with Crippen LogP contribution >= 0.6 is 0 Å². The fraction of sp³-hybridized carbons (Fsp3) is 0.500. The molecule has 186 valence electrons. The fourth-order valence-electron chi connectivity index (χ4n) is 6.10. The summed E-state index contributed by atoms with van der Waals surface area (Å²) in [5.41, 5.74) is 2.64. The minimum atomic E-state index is -0.323. The Balaban J connectivity index is 1.27. The fourth-order valence-corrected chi connectivity index (χ4v) is 6.10. The van der Waals surface area contributed by atoms with Crippen molar-refractivity contribution < 1.29 is 19.1 Å². The molecule has 2 heterocycles. The van der Waals surface area contributed by atoms with Gasteiger partial charge in [0, 0.05) is 38.3 Å². The molecule has 1 spiro atoms. The molecular weight excluding hydrogens is 445 g/mol. The molecule has 1 aliphatic carbocycles. The highest BCUT2D eigenvalue weighted by molar-refractivity contribution is 5.94. The molecule has 0 radical (unpaired) electrons. The molecular formula is C28H34FN3O3. The summed E-state index contributed by atoms with van der Waals surface area (Å²) in [7, 11) is 1.60. The zero-order valence-electron chi connectivity index (χ0n) is 20.3. The van der Waals surface area contributed by atoms with Crippen LogP contribution in [0.5, 0.6) is 0 Å². The van der Waals surface area contributed by atoms with E-state index >= 15 is 0 Å². The summed E-state index contributed by atoms with van der Waals surface area (Å²) in [4.78, 5) is 29.4. The van der Waals surface area contributed by atoms with Crippen molar-refractivity contribution in [3.8, 4) is 11.1 Å². The van der Waals surface area contributed by atoms with E-state index in [4.69, 9.17) is 0 Å². The average Bonchev–Trinajstić information content (AvgIpc) is 3.20. The minimum absolute atomic E-state index is 0.139. The standard InChI is InChI=1S/C28H34FN3O3/c1-30-26(34)20-4-2-19(3-5-20)21-6-11-24(29)25(18-21)31-15-12-28(13-16-31)14-17-32(27(28)35)22-7-9-23(33)10-8-22/h2-6,11,18,22-23,33H,7-10,12-17H2,1H3,(H,30,34). The van der Waals surface area contributed by atoms with Gasteiger partial charge in [-0.15, -0.1) is 0 Å². The number of nitrogens with zero attached hydrogens (tertiary/aromatic N) is 2. The number of nitrogens with one attached hydrogen (secondary N) is 1. The minimum Gasteiger partial charge on any atom is -0.393 e. The Bertz CT molecular complexity index is 1090. The van der Waals surface area contributed by atoms with E-state index in [1.807, 2.05) is 18.2 Å². The van der Waals surface area contributed by atoms with Crippen molar-refractivity contribution in [1.82, 2.24) is 10.2 Å². The van der Waals surface area contributed by atoms with Gasteiger partial charge in [0.05, 0.1) is 17.2 Å². The molecule has 3 fully saturated rings. The lowest BCUT2D eigenvalue weighted by Gasteiger charge is -2.40. The van der Waals surface area contributed by atoms with Crippen LogP contribution in [0.2, 0.25) is 0 Å². The van der Waals surface area contributed by atoms with Crippen molar-refractivity contribution in [2.75, 3.05) is 31.6 Å². The van der Waals surface area contributed by atoms with Gasteiger partial charge in [-0.05, 0) is 80.3 Å². The third kappa shape index (κ3) is 4.54. The van der Waals surface area contributed by atoms with Crippen LogP contribution in [-0.2, 0) is 4.79 Å². The van der Waals surface area contributed by atoms with Crippen LogP contribution in [0, 0.1) is 11.2 Å². The van der Waals surface area contributed by atoms with Crippen molar-refractivity contribution in [2.24, 2.45) is 5.41 Å². The number of likely N-dealkylation sites (tertiary alicyclic amines) is 1. The highest BCUT2D eigenvalue weighted by atomic mass is 19.1. The largest absolute Gasteiger partial charge is 0.393 e. The second-order valence-electron chi connectivity index (χ2n) is 10.3. The number of aliphatic hydroxyl groups excluding tert-OH is 1. The maximum absolute atomic E-state index is 14.9. The van der Waals surface area contributed by atoms with Gasteiger partial charge in [-0.25, -0.2) is 4.39 Å². The molecule has 35 heavy (non-hydrogen) atoms. The smallest absolute Gasteiger partial charge is 0.251 e. The van der Waals surface area contributed by atoms with Gasteiger partial charge in [0.15, 0.2) is 0 Å². The lowest BCUT2D eigenvalue weighted by Crippen LogP contribution is -2.47. The Morgan fingerprint density at radius 2 is 1.60 bits per heavy atom. The Kier molecular flexibility index (Phi) is 6.53. The Morgan fingerprint density at radius 1 is 0.971 bits per heavy atom. The van der Waals surface area contributed by atoms with Crippen LogP contribution in [-0.4, -0.2) is 60.6 Å². The number of aliphatic hydroxyl groups is 1. The first-order chi connectivity index (χ1) is 16.9. The van der Waals surface area contributed by atoms with Crippen molar-refractivity contribution >= 4 is 17.5 Å². The predicted octanol–water partition coefficient (Wildman–Crippen LogP) is 3.97. The predicted molar refractivity (Wildman–Crippen MR) is 134 cm³/mol. The molecule has 1 saturated carbocycles. The SMILES string of the molecule is CNC(=O)c1ccc(-c2ccc(F)c(N3CCC4(CC3)CCN(C3CCC(O)CC3)C4=O)c2)cc1. The number of carbonyl (C=O) groups is 2. The molecule has 2 N–H and O–H groups in total. The van der Waals surface area contributed by atoms with Gasteiger partial charge in [0.1, 0.15) is 5.82 Å². The molecule has 2 aromatic rings. The summed E-state index contributed by atoms with van der Waals surface area (Å²) in [6.07, 6.45) is 5.46. The monoisotopic (exact) mass is 479 g/mol. The van der Waals surface area contributed by atoms with E-state index in [1.54, 1.807) is 25.2 Å². The lowest BCUT2D eigenvalue weighted by atomic mass is 9.76. The summed E-state index contributed by atoms with van der Waals surface area (Å²) in [6.45, 7) is 2.10. The summed E-state index contributed by atoms with van der Waals surface area (Å²) in [6, 6.07) is 12.7. The summed E-state index contributed by atoms with van der Waals surface area (Å²) < 4.78 is 14.9. The highest BCUT2D eigenvalue weighted by Gasteiger charge is 2.50. The quantitative estimate of drug-likeness (QED) is 0.696. The third-order valence-electron chi connectivity index (χ3n) is 8.37. The number of hydrogen-bond donors (Lipinski definition) is 2. The third-order valence-corrected chi connectivity index (χ3v) is 8.37. The van der Waals surface area contributed by atoms with Crippen molar-refractivity contribution in [1.29, 1.82) is 0 Å². The van der Waals surface area contributed by atoms with E-state index < -0.39 is 0 Å².